The first kappa shape index (κ1) is 10.7. The van der Waals surface area contributed by atoms with Gasteiger partial charge in [0, 0.05) is 12.0 Å². The van der Waals surface area contributed by atoms with Gasteiger partial charge in [-0.15, -0.1) is 11.3 Å². The van der Waals surface area contributed by atoms with E-state index in [2.05, 4.69) is 4.98 Å². The molecule has 1 unspecified atom stereocenters. The van der Waals surface area contributed by atoms with Gasteiger partial charge in [-0.1, -0.05) is 0 Å². The summed E-state index contributed by atoms with van der Waals surface area (Å²) >= 11 is 1.52. The van der Waals surface area contributed by atoms with Crippen LogP contribution in [0.25, 0.3) is 10.2 Å². The van der Waals surface area contributed by atoms with E-state index in [-0.39, 0.29) is 12.1 Å². The average molecular weight is 249 g/mol. The van der Waals surface area contributed by atoms with E-state index in [9.17, 15) is 4.79 Å². The number of aromatic nitrogens is 1. The van der Waals surface area contributed by atoms with Crippen molar-refractivity contribution in [3.63, 3.8) is 0 Å². The molecule has 0 radical (unpaired) electrons. The number of fused-ring (bicyclic) bond motifs is 1. The van der Waals surface area contributed by atoms with Crippen LogP contribution in [0.5, 0.6) is 0 Å². The molecule has 1 aliphatic heterocycles. The third kappa shape index (κ3) is 1.71. The summed E-state index contributed by atoms with van der Waals surface area (Å²) in [5.41, 5.74) is 4.28. The van der Waals surface area contributed by atoms with Crippen LogP contribution in [0.1, 0.15) is 28.4 Å². The molecule has 0 spiro atoms. The van der Waals surface area contributed by atoms with Crippen LogP contribution < -0.4 is 0 Å². The zero-order valence-corrected chi connectivity index (χ0v) is 10.1. The Hall–Kier alpha value is -1.46. The molecular formula is C12H11NO3S. The lowest BCUT2D eigenvalue weighted by Crippen LogP contribution is -2.19. The molecular weight excluding hydrogens is 238 g/mol. The molecule has 1 atom stereocenters. The molecule has 5 heteroatoms. The fraction of sp³-hybridized carbons (Fsp3) is 0.333. The van der Waals surface area contributed by atoms with E-state index in [1.165, 1.54) is 18.4 Å². The molecule has 0 aliphatic carbocycles. The molecule has 0 amide bonds. The molecule has 0 saturated carbocycles. The molecule has 2 heterocycles. The molecule has 88 valence electrons. The number of carbonyl (C=O) groups is 1. The second-order valence-corrected chi connectivity index (χ2v) is 4.79. The quantitative estimate of drug-likeness (QED) is 0.767. The molecule has 0 N–H and O–H groups in total. The Morgan fingerprint density at radius 1 is 1.59 bits per heavy atom. The van der Waals surface area contributed by atoms with Gasteiger partial charge in [-0.3, -0.25) is 0 Å². The number of methoxy groups -OCH3 is 1. The van der Waals surface area contributed by atoms with Crippen LogP contribution in [0, 0.1) is 0 Å². The van der Waals surface area contributed by atoms with Crippen molar-refractivity contribution >= 4 is 27.5 Å². The molecule has 1 aromatic heterocycles. The first-order valence-electron chi connectivity index (χ1n) is 5.36. The fourth-order valence-corrected chi connectivity index (χ4v) is 2.70. The summed E-state index contributed by atoms with van der Waals surface area (Å²) in [6.45, 7) is 0.777. The van der Waals surface area contributed by atoms with Crippen LogP contribution in [-0.4, -0.2) is 24.7 Å². The van der Waals surface area contributed by atoms with Crippen molar-refractivity contribution in [1.82, 2.24) is 4.98 Å². The maximum atomic E-state index is 11.6. The van der Waals surface area contributed by atoms with Gasteiger partial charge in [0.1, 0.15) is 0 Å². The van der Waals surface area contributed by atoms with Crippen molar-refractivity contribution in [2.24, 2.45) is 0 Å². The van der Waals surface area contributed by atoms with Crippen LogP contribution in [0.3, 0.4) is 0 Å². The Bertz CT molecular complexity index is 574. The smallest absolute Gasteiger partial charge is 0.337 e. The minimum atomic E-state index is -0.319. The lowest BCUT2D eigenvalue weighted by Gasteiger charge is -2.27. The number of rotatable bonds is 2. The first-order chi connectivity index (χ1) is 8.29. The maximum Gasteiger partial charge on any atom is 0.337 e. The largest absolute Gasteiger partial charge is 0.465 e. The SMILES string of the molecule is COC(=O)c1cc(C2CCO2)c2ncsc2c1. The topological polar surface area (TPSA) is 48.4 Å². The normalized spacial score (nSPS) is 19.0. The summed E-state index contributed by atoms with van der Waals surface area (Å²) in [5.74, 6) is -0.319. The van der Waals surface area contributed by atoms with Gasteiger partial charge in [-0.05, 0) is 12.1 Å². The lowest BCUT2D eigenvalue weighted by molar-refractivity contribution is -0.0519. The number of hydrogen-bond acceptors (Lipinski definition) is 5. The van der Waals surface area contributed by atoms with Crippen molar-refractivity contribution in [2.45, 2.75) is 12.5 Å². The molecule has 17 heavy (non-hydrogen) atoms. The Morgan fingerprint density at radius 3 is 3.06 bits per heavy atom. The third-order valence-electron chi connectivity index (χ3n) is 2.93. The van der Waals surface area contributed by atoms with Crippen molar-refractivity contribution in [2.75, 3.05) is 13.7 Å². The van der Waals surface area contributed by atoms with Gasteiger partial charge in [-0.2, -0.15) is 0 Å². The highest BCUT2D eigenvalue weighted by molar-refractivity contribution is 7.16. The minimum absolute atomic E-state index is 0.0733. The molecule has 0 bridgehead atoms. The highest BCUT2D eigenvalue weighted by atomic mass is 32.1. The molecule has 3 rings (SSSR count). The van der Waals surface area contributed by atoms with Crippen LogP contribution in [0.2, 0.25) is 0 Å². The van der Waals surface area contributed by atoms with E-state index in [1.54, 1.807) is 5.51 Å². The minimum Gasteiger partial charge on any atom is -0.465 e. The Labute approximate surface area is 102 Å². The highest BCUT2D eigenvalue weighted by Gasteiger charge is 2.25. The van der Waals surface area contributed by atoms with Gasteiger partial charge in [0.25, 0.3) is 0 Å². The summed E-state index contributed by atoms with van der Waals surface area (Å²) < 4.78 is 11.2. The summed E-state index contributed by atoms with van der Waals surface area (Å²) in [7, 11) is 1.39. The molecule has 1 aliphatic rings. The predicted molar refractivity (Wildman–Crippen MR) is 64.3 cm³/mol. The van der Waals surface area contributed by atoms with E-state index in [4.69, 9.17) is 9.47 Å². The van der Waals surface area contributed by atoms with Gasteiger partial charge in [0.05, 0.1) is 41.1 Å². The molecule has 1 aromatic carbocycles. The average Bonchev–Trinajstić information content (AvgIpc) is 2.73. The number of esters is 1. The van der Waals surface area contributed by atoms with E-state index in [0.29, 0.717) is 5.56 Å². The Balaban J connectivity index is 2.16. The van der Waals surface area contributed by atoms with Crippen molar-refractivity contribution in [1.29, 1.82) is 0 Å². The second-order valence-electron chi connectivity index (χ2n) is 3.90. The third-order valence-corrected chi connectivity index (χ3v) is 3.71. The highest BCUT2D eigenvalue weighted by Crippen LogP contribution is 2.35. The van der Waals surface area contributed by atoms with Crippen molar-refractivity contribution < 1.29 is 14.3 Å². The van der Waals surface area contributed by atoms with Crippen LogP contribution in [0.15, 0.2) is 17.6 Å². The number of ether oxygens (including phenoxy) is 2. The lowest BCUT2D eigenvalue weighted by atomic mass is 9.99. The maximum absolute atomic E-state index is 11.6. The van der Waals surface area contributed by atoms with Crippen molar-refractivity contribution in [3.8, 4) is 0 Å². The molecule has 2 aromatic rings. The van der Waals surface area contributed by atoms with Gasteiger partial charge >= 0.3 is 5.97 Å². The van der Waals surface area contributed by atoms with Crippen LogP contribution in [0.4, 0.5) is 0 Å². The standard InChI is InChI=1S/C12H11NO3S/c1-15-12(14)7-4-8(9-2-3-16-9)11-10(5-7)17-6-13-11/h4-6,9H,2-3H2,1H3. The number of carbonyl (C=O) groups excluding carboxylic acids is 1. The number of benzene rings is 1. The number of thiazole rings is 1. The second kappa shape index (κ2) is 4.09. The fourth-order valence-electron chi connectivity index (χ4n) is 1.96. The summed E-state index contributed by atoms with van der Waals surface area (Å²) in [5, 5.41) is 0. The van der Waals surface area contributed by atoms with E-state index < -0.39 is 0 Å². The van der Waals surface area contributed by atoms with Gasteiger partial charge in [0.15, 0.2) is 0 Å². The number of hydrogen-bond donors (Lipinski definition) is 0. The van der Waals surface area contributed by atoms with Crippen LogP contribution >= 0.6 is 11.3 Å². The Kier molecular flexibility index (Phi) is 2.57. The first-order valence-corrected chi connectivity index (χ1v) is 6.24. The summed E-state index contributed by atoms with van der Waals surface area (Å²) in [4.78, 5) is 15.9. The van der Waals surface area contributed by atoms with Crippen molar-refractivity contribution in [3.05, 3.63) is 28.8 Å². The summed E-state index contributed by atoms with van der Waals surface area (Å²) in [6, 6.07) is 3.65. The molecule has 4 nitrogen and oxygen atoms in total. The van der Waals surface area contributed by atoms with Gasteiger partial charge < -0.3 is 9.47 Å². The monoisotopic (exact) mass is 249 g/mol. The predicted octanol–water partition coefficient (Wildman–Crippen LogP) is 2.54. The van der Waals surface area contributed by atoms with Gasteiger partial charge in [-0.25, -0.2) is 9.78 Å². The van der Waals surface area contributed by atoms with E-state index in [0.717, 1.165) is 28.8 Å². The van der Waals surface area contributed by atoms with E-state index >= 15 is 0 Å². The Morgan fingerprint density at radius 2 is 2.41 bits per heavy atom. The zero-order chi connectivity index (χ0) is 11.8. The summed E-state index contributed by atoms with van der Waals surface area (Å²) in [6.07, 6.45) is 1.06. The molecule has 1 saturated heterocycles. The number of nitrogens with zero attached hydrogens (tertiary/aromatic N) is 1. The van der Waals surface area contributed by atoms with Crippen LogP contribution in [-0.2, 0) is 9.47 Å². The van der Waals surface area contributed by atoms with Gasteiger partial charge in [0.2, 0.25) is 0 Å². The van der Waals surface area contributed by atoms with E-state index in [1.807, 2.05) is 12.1 Å². The zero-order valence-electron chi connectivity index (χ0n) is 9.30. The molecule has 1 fully saturated rings.